The van der Waals surface area contributed by atoms with Crippen molar-refractivity contribution in [3.8, 4) is 0 Å². The number of hydrogen-bond acceptors (Lipinski definition) is 3. The standard InChI is InChI=1S/C14H21N3O3/c18-12-4-3-11(16-12)13(19)15-10-5-7-17(8-6-10)14(20)9-1-2-9/h9-11H,1-8H2,(H,15,19)(H,16,18). The molecule has 2 N–H and O–H groups in total. The molecule has 2 saturated heterocycles. The molecule has 0 spiro atoms. The van der Waals surface area contributed by atoms with Gasteiger partial charge < -0.3 is 15.5 Å². The molecule has 1 unspecified atom stereocenters. The van der Waals surface area contributed by atoms with Gasteiger partial charge in [0, 0.05) is 31.5 Å². The van der Waals surface area contributed by atoms with E-state index in [0.29, 0.717) is 12.8 Å². The zero-order valence-electron chi connectivity index (χ0n) is 11.6. The van der Waals surface area contributed by atoms with Crippen LogP contribution in [0.1, 0.15) is 38.5 Å². The summed E-state index contributed by atoms with van der Waals surface area (Å²) >= 11 is 0. The van der Waals surface area contributed by atoms with Crippen molar-refractivity contribution in [2.45, 2.75) is 50.6 Å². The molecule has 3 rings (SSSR count). The van der Waals surface area contributed by atoms with Crippen LogP contribution in [-0.4, -0.2) is 47.8 Å². The number of carbonyl (C=O) groups is 3. The molecule has 3 fully saturated rings. The molecule has 20 heavy (non-hydrogen) atoms. The first-order valence-electron chi connectivity index (χ1n) is 7.52. The highest BCUT2D eigenvalue weighted by molar-refractivity contribution is 5.90. The third-order valence-electron chi connectivity index (χ3n) is 4.39. The number of rotatable bonds is 3. The minimum atomic E-state index is -0.367. The van der Waals surface area contributed by atoms with Crippen LogP contribution in [0.2, 0.25) is 0 Å². The Morgan fingerprint density at radius 1 is 1.10 bits per heavy atom. The van der Waals surface area contributed by atoms with Crippen molar-refractivity contribution >= 4 is 17.7 Å². The van der Waals surface area contributed by atoms with Crippen LogP contribution in [0, 0.1) is 5.92 Å². The fourth-order valence-electron chi connectivity index (χ4n) is 2.95. The second kappa shape index (κ2) is 5.42. The zero-order chi connectivity index (χ0) is 14.1. The van der Waals surface area contributed by atoms with Gasteiger partial charge in [0.2, 0.25) is 17.7 Å². The smallest absolute Gasteiger partial charge is 0.242 e. The Balaban J connectivity index is 1.42. The van der Waals surface area contributed by atoms with Gasteiger partial charge in [-0.15, -0.1) is 0 Å². The van der Waals surface area contributed by atoms with Crippen LogP contribution in [0.5, 0.6) is 0 Å². The number of hydrogen-bond donors (Lipinski definition) is 2. The summed E-state index contributed by atoms with van der Waals surface area (Å²) in [5.41, 5.74) is 0. The summed E-state index contributed by atoms with van der Waals surface area (Å²) in [6.45, 7) is 1.47. The molecule has 2 aliphatic heterocycles. The third kappa shape index (κ3) is 2.94. The fraction of sp³-hybridized carbons (Fsp3) is 0.786. The van der Waals surface area contributed by atoms with Crippen molar-refractivity contribution in [2.24, 2.45) is 5.92 Å². The number of carbonyl (C=O) groups excluding carboxylic acids is 3. The van der Waals surface area contributed by atoms with Crippen LogP contribution in [0.3, 0.4) is 0 Å². The van der Waals surface area contributed by atoms with E-state index in [-0.39, 0.29) is 35.7 Å². The molecule has 1 aliphatic carbocycles. The second-order valence-corrected chi connectivity index (χ2v) is 6.04. The van der Waals surface area contributed by atoms with Crippen molar-refractivity contribution in [2.75, 3.05) is 13.1 Å². The zero-order valence-corrected chi connectivity index (χ0v) is 11.6. The maximum Gasteiger partial charge on any atom is 0.242 e. The Morgan fingerprint density at radius 2 is 1.80 bits per heavy atom. The maximum atomic E-state index is 12.0. The summed E-state index contributed by atoms with van der Waals surface area (Å²) in [6.07, 6.45) is 4.72. The van der Waals surface area contributed by atoms with E-state index in [1.165, 1.54) is 0 Å². The predicted molar refractivity (Wildman–Crippen MR) is 71.6 cm³/mol. The van der Waals surface area contributed by atoms with Gasteiger partial charge in [0.25, 0.3) is 0 Å². The fourth-order valence-corrected chi connectivity index (χ4v) is 2.95. The van der Waals surface area contributed by atoms with Crippen LogP contribution < -0.4 is 10.6 Å². The van der Waals surface area contributed by atoms with Gasteiger partial charge >= 0.3 is 0 Å². The summed E-state index contributed by atoms with van der Waals surface area (Å²) in [7, 11) is 0. The van der Waals surface area contributed by atoms with Crippen LogP contribution in [-0.2, 0) is 14.4 Å². The van der Waals surface area contributed by atoms with E-state index in [1.807, 2.05) is 4.90 Å². The molecule has 0 radical (unpaired) electrons. The summed E-state index contributed by atoms with van der Waals surface area (Å²) in [6, 6.07) is -0.239. The van der Waals surface area contributed by atoms with Crippen molar-refractivity contribution < 1.29 is 14.4 Å². The monoisotopic (exact) mass is 279 g/mol. The van der Waals surface area contributed by atoms with E-state index in [0.717, 1.165) is 38.8 Å². The van der Waals surface area contributed by atoms with Gasteiger partial charge in [-0.2, -0.15) is 0 Å². The van der Waals surface area contributed by atoms with E-state index in [9.17, 15) is 14.4 Å². The first-order valence-corrected chi connectivity index (χ1v) is 7.52. The number of amides is 3. The Morgan fingerprint density at radius 3 is 2.35 bits per heavy atom. The summed E-state index contributed by atoms with van der Waals surface area (Å²) < 4.78 is 0. The first kappa shape index (κ1) is 13.4. The lowest BCUT2D eigenvalue weighted by atomic mass is 10.0. The topological polar surface area (TPSA) is 78.5 Å². The van der Waals surface area contributed by atoms with E-state index in [1.54, 1.807) is 0 Å². The molecule has 3 aliphatic rings. The first-order chi connectivity index (χ1) is 9.63. The Hall–Kier alpha value is -1.59. The van der Waals surface area contributed by atoms with Crippen LogP contribution in [0.15, 0.2) is 0 Å². The average molecular weight is 279 g/mol. The highest BCUT2D eigenvalue weighted by Gasteiger charge is 2.35. The largest absolute Gasteiger partial charge is 0.351 e. The Kier molecular flexibility index (Phi) is 3.63. The Labute approximate surface area is 118 Å². The quantitative estimate of drug-likeness (QED) is 0.750. The lowest BCUT2D eigenvalue weighted by Crippen LogP contribution is -2.50. The molecule has 6 nitrogen and oxygen atoms in total. The molecule has 2 heterocycles. The number of nitrogens with zero attached hydrogens (tertiary/aromatic N) is 1. The number of nitrogens with one attached hydrogen (secondary N) is 2. The molecule has 6 heteroatoms. The van der Waals surface area contributed by atoms with E-state index >= 15 is 0 Å². The lowest BCUT2D eigenvalue weighted by Gasteiger charge is -2.33. The second-order valence-electron chi connectivity index (χ2n) is 6.04. The highest BCUT2D eigenvalue weighted by atomic mass is 16.2. The molecule has 1 saturated carbocycles. The van der Waals surface area contributed by atoms with Gasteiger partial charge in [0.15, 0.2) is 0 Å². The van der Waals surface area contributed by atoms with Crippen LogP contribution in [0.25, 0.3) is 0 Å². The van der Waals surface area contributed by atoms with Gasteiger partial charge in [-0.1, -0.05) is 0 Å². The molecular formula is C14H21N3O3. The highest BCUT2D eigenvalue weighted by Crippen LogP contribution is 2.31. The minimum absolute atomic E-state index is 0.0463. The van der Waals surface area contributed by atoms with Crippen molar-refractivity contribution in [3.63, 3.8) is 0 Å². The summed E-state index contributed by atoms with van der Waals surface area (Å²) in [5, 5.41) is 5.67. The number of likely N-dealkylation sites (tertiary alicyclic amines) is 1. The molecule has 1 atom stereocenters. The molecule has 0 bridgehead atoms. The predicted octanol–water partition coefficient (Wildman–Crippen LogP) is -0.218. The van der Waals surface area contributed by atoms with Crippen LogP contribution in [0.4, 0.5) is 0 Å². The van der Waals surface area contributed by atoms with E-state index < -0.39 is 0 Å². The van der Waals surface area contributed by atoms with Crippen molar-refractivity contribution in [3.05, 3.63) is 0 Å². The molecule has 0 aromatic rings. The van der Waals surface area contributed by atoms with Gasteiger partial charge in [0.05, 0.1) is 0 Å². The van der Waals surface area contributed by atoms with E-state index in [4.69, 9.17) is 0 Å². The van der Waals surface area contributed by atoms with Gasteiger partial charge in [0.1, 0.15) is 6.04 Å². The number of piperidine rings is 1. The van der Waals surface area contributed by atoms with E-state index in [2.05, 4.69) is 10.6 Å². The maximum absolute atomic E-state index is 12.0. The molecule has 110 valence electrons. The van der Waals surface area contributed by atoms with Crippen molar-refractivity contribution in [1.29, 1.82) is 0 Å². The lowest BCUT2D eigenvalue weighted by molar-refractivity contribution is -0.134. The van der Waals surface area contributed by atoms with Gasteiger partial charge in [-0.3, -0.25) is 14.4 Å². The SMILES string of the molecule is O=C1CCC(C(=O)NC2CCN(C(=O)C3CC3)CC2)N1. The molecule has 0 aromatic heterocycles. The van der Waals surface area contributed by atoms with Crippen molar-refractivity contribution in [1.82, 2.24) is 15.5 Å². The molecular weight excluding hydrogens is 258 g/mol. The average Bonchev–Trinajstić information content (AvgIpc) is 3.20. The Bertz CT molecular complexity index is 425. The third-order valence-corrected chi connectivity index (χ3v) is 4.39. The van der Waals surface area contributed by atoms with Gasteiger partial charge in [-0.25, -0.2) is 0 Å². The normalized spacial score (nSPS) is 27.3. The minimum Gasteiger partial charge on any atom is -0.351 e. The summed E-state index contributed by atoms with van der Waals surface area (Å²) in [5.74, 6) is 0.436. The van der Waals surface area contributed by atoms with Crippen LogP contribution >= 0.6 is 0 Å². The summed E-state index contributed by atoms with van der Waals surface area (Å²) in [4.78, 5) is 36.9. The molecule has 0 aromatic carbocycles. The van der Waals surface area contributed by atoms with Gasteiger partial charge in [-0.05, 0) is 32.1 Å². The molecule has 3 amide bonds.